The van der Waals surface area contributed by atoms with Crippen molar-refractivity contribution in [3.8, 4) is 6.07 Å². The first-order chi connectivity index (χ1) is 7.33. The molecule has 0 spiro atoms. The largest absolute Gasteiger partial charge is 0.381 e. The maximum absolute atomic E-state index is 8.87. The number of ether oxygens (including phenoxy) is 1. The summed E-state index contributed by atoms with van der Waals surface area (Å²) in [7, 11) is 0. The SMILES string of the molecule is N#Cc1nccc(C2CCOCC2)c1Br. The molecular weight excluding hydrogens is 256 g/mol. The van der Waals surface area contributed by atoms with E-state index in [9.17, 15) is 0 Å². The van der Waals surface area contributed by atoms with E-state index in [1.54, 1.807) is 6.20 Å². The number of rotatable bonds is 1. The average molecular weight is 267 g/mol. The Labute approximate surface area is 97.2 Å². The molecule has 78 valence electrons. The third-order valence-corrected chi connectivity index (χ3v) is 3.52. The molecule has 2 rings (SSSR count). The maximum Gasteiger partial charge on any atom is 0.154 e. The van der Waals surface area contributed by atoms with Crippen molar-refractivity contribution >= 4 is 15.9 Å². The Balaban J connectivity index is 2.31. The van der Waals surface area contributed by atoms with E-state index >= 15 is 0 Å². The van der Waals surface area contributed by atoms with Crippen LogP contribution in [0, 0.1) is 11.3 Å². The Kier molecular flexibility index (Phi) is 3.34. The smallest absolute Gasteiger partial charge is 0.154 e. The molecule has 15 heavy (non-hydrogen) atoms. The van der Waals surface area contributed by atoms with Gasteiger partial charge in [0.15, 0.2) is 5.69 Å². The molecule has 1 aliphatic heterocycles. The number of nitriles is 1. The van der Waals surface area contributed by atoms with Gasteiger partial charge in [0.25, 0.3) is 0 Å². The summed E-state index contributed by atoms with van der Waals surface area (Å²) in [6.07, 6.45) is 3.75. The van der Waals surface area contributed by atoms with E-state index in [2.05, 4.69) is 27.0 Å². The Bertz CT molecular complexity index is 394. The van der Waals surface area contributed by atoms with Gasteiger partial charge in [0.1, 0.15) is 6.07 Å². The number of aromatic nitrogens is 1. The van der Waals surface area contributed by atoms with E-state index in [-0.39, 0.29) is 0 Å². The van der Waals surface area contributed by atoms with Crippen LogP contribution in [0.25, 0.3) is 0 Å². The summed E-state index contributed by atoms with van der Waals surface area (Å²) < 4.78 is 6.17. The van der Waals surface area contributed by atoms with Gasteiger partial charge in [-0.3, -0.25) is 0 Å². The molecule has 0 atom stereocenters. The minimum Gasteiger partial charge on any atom is -0.381 e. The Hall–Kier alpha value is -0.920. The number of hydrogen-bond donors (Lipinski definition) is 0. The maximum atomic E-state index is 8.87. The number of nitrogens with zero attached hydrogens (tertiary/aromatic N) is 2. The Morgan fingerprint density at radius 1 is 1.47 bits per heavy atom. The summed E-state index contributed by atoms with van der Waals surface area (Å²) in [5, 5.41) is 8.87. The Morgan fingerprint density at radius 3 is 2.87 bits per heavy atom. The van der Waals surface area contributed by atoms with E-state index < -0.39 is 0 Å². The molecule has 1 aliphatic rings. The van der Waals surface area contributed by atoms with Crippen molar-refractivity contribution in [2.24, 2.45) is 0 Å². The quantitative estimate of drug-likeness (QED) is 0.785. The van der Waals surface area contributed by atoms with Crippen molar-refractivity contribution in [1.29, 1.82) is 5.26 Å². The van der Waals surface area contributed by atoms with Crippen LogP contribution in [-0.4, -0.2) is 18.2 Å². The van der Waals surface area contributed by atoms with Crippen LogP contribution in [0.5, 0.6) is 0 Å². The number of halogens is 1. The second kappa shape index (κ2) is 4.73. The zero-order chi connectivity index (χ0) is 10.7. The zero-order valence-corrected chi connectivity index (χ0v) is 9.83. The van der Waals surface area contributed by atoms with Gasteiger partial charge in [0.05, 0.1) is 4.47 Å². The van der Waals surface area contributed by atoms with Gasteiger partial charge >= 0.3 is 0 Å². The molecule has 0 radical (unpaired) electrons. The molecule has 1 fully saturated rings. The first-order valence-corrected chi connectivity index (χ1v) is 5.74. The molecule has 1 aromatic heterocycles. The second-order valence-corrected chi connectivity index (χ2v) is 4.35. The second-order valence-electron chi connectivity index (χ2n) is 3.56. The molecular formula is C11H11BrN2O. The standard InChI is InChI=1S/C11H11BrN2O/c12-11-9(1-4-14-10(11)7-13)8-2-5-15-6-3-8/h1,4,8H,2-3,5-6H2. The van der Waals surface area contributed by atoms with Crippen LogP contribution in [0.1, 0.15) is 30.0 Å². The molecule has 0 aromatic carbocycles. The fourth-order valence-corrected chi connectivity index (χ4v) is 2.51. The monoisotopic (exact) mass is 266 g/mol. The van der Waals surface area contributed by atoms with Crippen LogP contribution >= 0.6 is 15.9 Å². The van der Waals surface area contributed by atoms with Gasteiger partial charge < -0.3 is 4.74 Å². The topological polar surface area (TPSA) is 45.9 Å². The molecule has 0 N–H and O–H groups in total. The van der Waals surface area contributed by atoms with Crippen molar-refractivity contribution in [2.75, 3.05) is 13.2 Å². The summed E-state index contributed by atoms with van der Waals surface area (Å²) in [4.78, 5) is 4.01. The highest BCUT2D eigenvalue weighted by Gasteiger charge is 2.19. The van der Waals surface area contributed by atoms with Crippen LogP contribution in [0.3, 0.4) is 0 Å². The van der Waals surface area contributed by atoms with Crippen molar-refractivity contribution in [3.63, 3.8) is 0 Å². The lowest BCUT2D eigenvalue weighted by molar-refractivity contribution is 0.0852. The third-order valence-electron chi connectivity index (χ3n) is 2.69. The first kappa shape index (κ1) is 10.6. The highest BCUT2D eigenvalue weighted by atomic mass is 79.9. The van der Waals surface area contributed by atoms with Gasteiger partial charge in [0.2, 0.25) is 0 Å². The summed E-state index contributed by atoms with van der Waals surface area (Å²) in [5.41, 5.74) is 1.66. The predicted molar refractivity (Wildman–Crippen MR) is 59.4 cm³/mol. The van der Waals surface area contributed by atoms with E-state index in [1.165, 1.54) is 5.56 Å². The summed E-state index contributed by atoms with van der Waals surface area (Å²) in [5.74, 6) is 0.489. The highest BCUT2D eigenvalue weighted by Crippen LogP contribution is 2.32. The van der Waals surface area contributed by atoms with Crippen molar-refractivity contribution in [3.05, 3.63) is 28.0 Å². The fourth-order valence-electron chi connectivity index (χ4n) is 1.86. The number of hydrogen-bond acceptors (Lipinski definition) is 3. The molecule has 4 heteroatoms. The van der Waals surface area contributed by atoms with E-state index in [0.717, 1.165) is 30.5 Å². The van der Waals surface area contributed by atoms with Gasteiger partial charge in [-0.2, -0.15) is 5.26 Å². The van der Waals surface area contributed by atoms with E-state index in [1.807, 2.05) is 6.07 Å². The molecule has 1 aromatic rings. The van der Waals surface area contributed by atoms with Gasteiger partial charge in [-0.1, -0.05) is 0 Å². The number of pyridine rings is 1. The molecule has 0 aliphatic carbocycles. The first-order valence-electron chi connectivity index (χ1n) is 4.95. The molecule has 3 nitrogen and oxygen atoms in total. The van der Waals surface area contributed by atoms with Crippen LogP contribution in [0.15, 0.2) is 16.7 Å². The van der Waals surface area contributed by atoms with E-state index in [4.69, 9.17) is 10.00 Å². The van der Waals surface area contributed by atoms with Gasteiger partial charge in [0, 0.05) is 19.4 Å². The van der Waals surface area contributed by atoms with Gasteiger partial charge in [-0.05, 0) is 46.3 Å². The lowest BCUT2D eigenvalue weighted by Crippen LogP contribution is -2.14. The molecule has 2 heterocycles. The van der Waals surface area contributed by atoms with Crippen molar-refractivity contribution < 1.29 is 4.74 Å². The molecule has 0 saturated carbocycles. The van der Waals surface area contributed by atoms with Gasteiger partial charge in [-0.25, -0.2) is 4.98 Å². The molecule has 0 unspecified atom stereocenters. The van der Waals surface area contributed by atoms with Crippen LogP contribution in [0.4, 0.5) is 0 Å². The summed E-state index contributed by atoms with van der Waals surface area (Å²) in [6.45, 7) is 1.61. The minimum absolute atomic E-state index is 0.471. The highest BCUT2D eigenvalue weighted by molar-refractivity contribution is 9.10. The molecule has 0 amide bonds. The van der Waals surface area contributed by atoms with Crippen LogP contribution < -0.4 is 0 Å². The zero-order valence-electron chi connectivity index (χ0n) is 8.24. The molecule has 0 bridgehead atoms. The van der Waals surface area contributed by atoms with Crippen molar-refractivity contribution in [1.82, 2.24) is 4.98 Å². The van der Waals surface area contributed by atoms with Crippen LogP contribution in [0.2, 0.25) is 0 Å². The summed E-state index contributed by atoms with van der Waals surface area (Å²) >= 11 is 3.45. The lowest BCUT2D eigenvalue weighted by atomic mass is 9.92. The molecule has 1 saturated heterocycles. The van der Waals surface area contributed by atoms with Crippen molar-refractivity contribution in [2.45, 2.75) is 18.8 Å². The minimum atomic E-state index is 0.471. The normalized spacial score (nSPS) is 17.3. The van der Waals surface area contributed by atoms with Crippen LogP contribution in [-0.2, 0) is 4.74 Å². The van der Waals surface area contributed by atoms with E-state index in [0.29, 0.717) is 11.6 Å². The fraction of sp³-hybridized carbons (Fsp3) is 0.455. The lowest BCUT2D eigenvalue weighted by Gasteiger charge is -2.23. The Morgan fingerprint density at radius 2 is 2.20 bits per heavy atom. The predicted octanol–water partition coefficient (Wildman–Crippen LogP) is 2.61. The third kappa shape index (κ3) is 2.19. The van der Waals surface area contributed by atoms with Gasteiger partial charge in [-0.15, -0.1) is 0 Å². The summed E-state index contributed by atoms with van der Waals surface area (Å²) in [6, 6.07) is 4.07. The average Bonchev–Trinajstić information content (AvgIpc) is 2.30.